The molecule has 2 atom stereocenters. The topological polar surface area (TPSA) is 83.3 Å². The van der Waals surface area contributed by atoms with Gasteiger partial charge < -0.3 is 9.47 Å². The molecule has 0 aliphatic rings. The zero-order chi connectivity index (χ0) is 19.5. The Morgan fingerprint density at radius 1 is 1.08 bits per heavy atom. The molecule has 8 heteroatoms. The quantitative estimate of drug-likeness (QED) is 0.304. The number of ether oxygens (including phenoxy) is 2. The molecule has 0 aromatic carbocycles. The molecule has 7 nitrogen and oxygen atoms in total. The summed E-state index contributed by atoms with van der Waals surface area (Å²) in [6.45, 7) is 8.44. The number of carbonyl (C=O) groups excluding carboxylic acids is 2. The van der Waals surface area contributed by atoms with Crippen LogP contribution in [0.2, 0.25) is 0 Å². The number of hydrogen-bond donors (Lipinski definition) is 0. The third kappa shape index (κ3) is 6.59. The van der Waals surface area contributed by atoms with Gasteiger partial charge in [0, 0.05) is 5.38 Å². The van der Waals surface area contributed by atoms with Crippen LogP contribution < -0.4 is 0 Å². The number of rotatable bonds is 12. The first-order valence-corrected chi connectivity index (χ1v) is 9.83. The lowest BCUT2D eigenvalue weighted by atomic mass is 10.1. The molecule has 0 amide bonds. The third-order valence-corrected chi connectivity index (χ3v) is 4.49. The molecule has 0 aliphatic carbocycles. The number of halogens is 1. The Balaban J connectivity index is 3.05. The summed E-state index contributed by atoms with van der Waals surface area (Å²) in [5.74, 6) is -1.27. The van der Waals surface area contributed by atoms with Crippen LogP contribution in [0.15, 0.2) is 0 Å². The van der Waals surface area contributed by atoms with E-state index in [4.69, 9.17) is 21.1 Å². The van der Waals surface area contributed by atoms with Crippen molar-refractivity contribution >= 4 is 23.5 Å². The highest BCUT2D eigenvalue weighted by molar-refractivity contribution is 6.20. The lowest BCUT2D eigenvalue weighted by Gasteiger charge is -2.17. The van der Waals surface area contributed by atoms with Crippen molar-refractivity contribution in [2.45, 2.75) is 77.6 Å². The van der Waals surface area contributed by atoms with Gasteiger partial charge in [-0.25, -0.2) is 14.3 Å². The predicted octanol–water partition coefficient (Wildman–Crippen LogP) is 4.16. The molecule has 0 radical (unpaired) electrons. The second-order valence-corrected chi connectivity index (χ2v) is 6.92. The fraction of sp³-hybridized carbons (Fsp3) is 0.778. The molecule has 0 N–H and O–H groups in total. The van der Waals surface area contributed by atoms with E-state index in [0.29, 0.717) is 6.42 Å². The van der Waals surface area contributed by atoms with Gasteiger partial charge in [0.25, 0.3) is 0 Å². The molecule has 0 aliphatic heterocycles. The first kappa shape index (κ1) is 22.4. The molecule has 0 bridgehead atoms. The first-order chi connectivity index (χ1) is 12.5. The van der Waals surface area contributed by atoms with Gasteiger partial charge >= 0.3 is 11.9 Å². The van der Waals surface area contributed by atoms with Gasteiger partial charge in [0.15, 0.2) is 5.69 Å². The van der Waals surface area contributed by atoms with E-state index < -0.39 is 11.9 Å². The van der Waals surface area contributed by atoms with Gasteiger partial charge in [-0.2, -0.15) is 0 Å². The minimum absolute atomic E-state index is 0.0371. The van der Waals surface area contributed by atoms with Gasteiger partial charge in [-0.3, -0.25) is 0 Å². The van der Waals surface area contributed by atoms with Crippen LogP contribution in [0, 0.1) is 0 Å². The standard InChI is InChI=1S/C18H30ClN3O4/c1-5-8-10-25-17(23)15-16(18(24)26-11-9-6-2)22(21-20-15)13(4)12-14(19)7-3/h13-14H,5-12H2,1-4H3. The van der Waals surface area contributed by atoms with Crippen LogP contribution in [0.3, 0.4) is 0 Å². The summed E-state index contributed by atoms with van der Waals surface area (Å²) in [7, 11) is 0. The van der Waals surface area contributed by atoms with Gasteiger partial charge in [-0.15, -0.1) is 16.7 Å². The van der Waals surface area contributed by atoms with Crippen molar-refractivity contribution in [3.63, 3.8) is 0 Å². The summed E-state index contributed by atoms with van der Waals surface area (Å²) in [5.41, 5.74) is -0.0628. The number of unbranched alkanes of at least 4 members (excludes halogenated alkanes) is 2. The fourth-order valence-electron chi connectivity index (χ4n) is 2.32. The van der Waals surface area contributed by atoms with Crippen LogP contribution in [0.4, 0.5) is 0 Å². The van der Waals surface area contributed by atoms with Crippen molar-refractivity contribution in [2.75, 3.05) is 13.2 Å². The molecule has 1 rings (SSSR count). The smallest absolute Gasteiger partial charge is 0.361 e. The Morgan fingerprint density at radius 2 is 1.65 bits per heavy atom. The molecule has 0 saturated carbocycles. The second kappa shape index (κ2) is 11.9. The normalized spacial score (nSPS) is 13.3. The van der Waals surface area contributed by atoms with Crippen molar-refractivity contribution < 1.29 is 19.1 Å². The Morgan fingerprint density at radius 3 is 2.19 bits per heavy atom. The second-order valence-electron chi connectivity index (χ2n) is 6.30. The van der Waals surface area contributed by atoms with Gasteiger partial charge in [-0.05, 0) is 32.6 Å². The van der Waals surface area contributed by atoms with Crippen LogP contribution in [-0.2, 0) is 9.47 Å². The van der Waals surface area contributed by atoms with Gasteiger partial charge in [0.05, 0.1) is 19.3 Å². The lowest BCUT2D eigenvalue weighted by molar-refractivity contribution is 0.0438. The van der Waals surface area contributed by atoms with Crippen molar-refractivity contribution in [2.24, 2.45) is 0 Å². The molecule has 2 unspecified atom stereocenters. The Kier molecular flexibility index (Phi) is 10.2. The van der Waals surface area contributed by atoms with Crippen LogP contribution in [0.1, 0.15) is 93.2 Å². The Hall–Kier alpha value is -1.63. The van der Waals surface area contributed by atoms with E-state index in [0.717, 1.165) is 32.1 Å². The monoisotopic (exact) mass is 387 g/mol. The molecular formula is C18H30ClN3O4. The first-order valence-electron chi connectivity index (χ1n) is 9.39. The third-order valence-electron chi connectivity index (χ3n) is 4.00. The van der Waals surface area contributed by atoms with Crippen LogP contribution >= 0.6 is 11.6 Å². The van der Waals surface area contributed by atoms with E-state index in [2.05, 4.69) is 10.3 Å². The van der Waals surface area contributed by atoms with E-state index in [1.165, 1.54) is 4.68 Å². The summed E-state index contributed by atoms with van der Waals surface area (Å²) in [5, 5.41) is 7.84. The van der Waals surface area contributed by atoms with E-state index in [1.807, 2.05) is 27.7 Å². The molecule has 0 fully saturated rings. The number of nitrogens with zero attached hydrogens (tertiary/aromatic N) is 3. The maximum Gasteiger partial charge on any atom is 0.361 e. The minimum Gasteiger partial charge on any atom is -0.461 e. The lowest BCUT2D eigenvalue weighted by Crippen LogP contribution is -2.22. The zero-order valence-electron chi connectivity index (χ0n) is 16.2. The highest BCUT2D eigenvalue weighted by atomic mass is 35.5. The average molecular weight is 388 g/mol. The van der Waals surface area contributed by atoms with Crippen LogP contribution in [0.5, 0.6) is 0 Å². The molecule has 1 aromatic heterocycles. The maximum absolute atomic E-state index is 12.6. The highest BCUT2D eigenvalue weighted by Gasteiger charge is 2.30. The molecular weight excluding hydrogens is 358 g/mol. The molecule has 26 heavy (non-hydrogen) atoms. The van der Waals surface area contributed by atoms with Gasteiger partial charge in [-0.1, -0.05) is 38.8 Å². The number of hydrogen-bond acceptors (Lipinski definition) is 6. The number of aromatic nitrogens is 3. The summed E-state index contributed by atoms with van der Waals surface area (Å²) in [6.07, 6.45) is 4.69. The van der Waals surface area contributed by atoms with Crippen molar-refractivity contribution in [1.82, 2.24) is 15.0 Å². The molecule has 1 aromatic rings. The molecule has 0 spiro atoms. The average Bonchev–Trinajstić information content (AvgIpc) is 3.07. The van der Waals surface area contributed by atoms with Gasteiger partial charge in [0.2, 0.25) is 5.69 Å². The van der Waals surface area contributed by atoms with E-state index in [-0.39, 0.29) is 36.0 Å². The van der Waals surface area contributed by atoms with Crippen molar-refractivity contribution in [1.29, 1.82) is 0 Å². The summed E-state index contributed by atoms with van der Waals surface area (Å²) in [6, 6.07) is -0.198. The zero-order valence-corrected chi connectivity index (χ0v) is 16.9. The van der Waals surface area contributed by atoms with E-state index in [9.17, 15) is 9.59 Å². The fourth-order valence-corrected chi connectivity index (χ4v) is 2.58. The van der Waals surface area contributed by atoms with E-state index in [1.54, 1.807) is 0 Å². The number of esters is 2. The predicted molar refractivity (Wildman–Crippen MR) is 99.7 cm³/mol. The van der Waals surface area contributed by atoms with Crippen molar-refractivity contribution in [3.05, 3.63) is 11.4 Å². The Bertz CT molecular complexity index is 577. The maximum atomic E-state index is 12.6. The summed E-state index contributed by atoms with van der Waals surface area (Å²) >= 11 is 6.23. The van der Waals surface area contributed by atoms with Gasteiger partial charge in [0.1, 0.15) is 0 Å². The summed E-state index contributed by atoms with van der Waals surface area (Å²) in [4.78, 5) is 24.9. The van der Waals surface area contributed by atoms with Crippen molar-refractivity contribution in [3.8, 4) is 0 Å². The molecule has 148 valence electrons. The number of alkyl halides is 1. The Labute approximate surface area is 160 Å². The van der Waals surface area contributed by atoms with Crippen LogP contribution in [0.25, 0.3) is 0 Å². The summed E-state index contributed by atoms with van der Waals surface area (Å²) < 4.78 is 11.9. The molecule has 0 saturated heterocycles. The largest absolute Gasteiger partial charge is 0.461 e. The van der Waals surface area contributed by atoms with E-state index >= 15 is 0 Å². The number of carbonyl (C=O) groups is 2. The highest BCUT2D eigenvalue weighted by Crippen LogP contribution is 2.22. The van der Waals surface area contributed by atoms with Crippen LogP contribution in [-0.4, -0.2) is 45.5 Å². The SMILES string of the molecule is CCCCOC(=O)c1nnn(C(C)CC(Cl)CC)c1C(=O)OCCCC. The minimum atomic E-state index is -0.655. The molecule has 1 heterocycles.